The number of carboxylic acids is 2. The van der Waals surface area contributed by atoms with Crippen molar-refractivity contribution in [1.29, 1.82) is 0 Å². The van der Waals surface area contributed by atoms with E-state index in [1.807, 2.05) is 53.7 Å². The van der Waals surface area contributed by atoms with E-state index >= 15 is 8.78 Å². The standard InChI is InChI=1S/2C23H28FNO6/c2*1-23(2,3)18-10-13-9-17(31-8-6-7-29-4)16(30-5)11-14(13)20-19(24)21(26)15(22(27)28)12-25(18)20/h2*9,11-12,18H,6-8,10H2,1-5H3,(H,27,28)/t18-;/m0./s1. The molecule has 2 N–H and O–H groups in total. The van der Waals surface area contributed by atoms with Gasteiger partial charge in [0.2, 0.25) is 10.9 Å². The summed E-state index contributed by atoms with van der Waals surface area (Å²) in [6, 6.07) is 6.40. The molecule has 1 unspecified atom stereocenters. The first-order chi connectivity index (χ1) is 29.2. The number of aromatic nitrogens is 2. The van der Waals surface area contributed by atoms with Gasteiger partial charge in [0.15, 0.2) is 34.6 Å². The smallest absolute Gasteiger partial charge is 0.341 e. The number of benzene rings is 2. The first-order valence-corrected chi connectivity index (χ1v) is 20.2. The van der Waals surface area contributed by atoms with Crippen LogP contribution in [0.4, 0.5) is 8.78 Å². The minimum Gasteiger partial charge on any atom is -0.493 e. The topological polar surface area (TPSA) is 174 Å². The Bertz CT molecular complexity index is 2280. The molecule has 0 fully saturated rings. The van der Waals surface area contributed by atoms with Crippen LogP contribution >= 0.6 is 0 Å². The molecule has 0 radical (unpaired) electrons. The second-order valence-corrected chi connectivity index (χ2v) is 17.4. The van der Waals surface area contributed by atoms with Crippen LogP contribution < -0.4 is 29.8 Å². The van der Waals surface area contributed by atoms with E-state index in [4.69, 9.17) is 28.4 Å². The summed E-state index contributed by atoms with van der Waals surface area (Å²) < 4.78 is 66.5. The van der Waals surface area contributed by atoms with Crippen molar-refractivity contribution in [1.82, 2.24) is 9.13 Å². The van der Waals surface area contributed by atoms with E-state index in [-0.39, 0.29) is 34.3 Å². The monoisotopic (exact) mass is 866 g/mol. The second-order valence-electron chi connectivity index (χ2n) is 17.4. The molecule has 14 nitrogen and oxygen atoms in total. The van der Waals surface area contributed by atoms with Gasteiger partial charge in [-0.3, -0.25) is 9.59 Å². The van der Waals surface area contributed by atoms with Crippen molar-refractivity contribution < 1.29 is 57.0 Å². The van der Waals surface area contributed by atoms with Gasteiger partial charge in [-0.15, -0.1) is 0 Å². The maximum atomic E-state index is 15.3. The van der Waals surface area contributed by atoms with E-state index < -0.39 is 45.6 Å². The normalized spacial score (nSPS) is 15.2. The second kappa shape index (κ2) is 19.1. The lowest BCUT2D eigenvalue weighted by molar-refractivity contribution is 0.0682. The van der Waals surface area contributed by atoms with E-state index in [2.05, 4.69) is 0 Å². The molecule has 0 amide bonds. The van der Waals surface area contributed by atoms with Gasteiger partial charge in [0, 0.05) is 75.9 Å². The third-order valence-electron chi connectivity index (χ3n) is 11.1. The molecule has 0 aliphatic carbocycles. The van der Waals surface area contributed by atoms with Crippen LogP contribution in [-0.4, -0.2) is 86.2 Å². The number of halogens is 2. The predicted molar refractivity (Wildman–Crippen MR) is 228 cm³/mol. The summed E-state index contributed by atoms with van der Waals surface area (Å²) in [5, 5.41) is 18.8. The van der Waals surface area contributed by atoms with Crippen LogP contribution in [0.25, 0.3) is 22.5 Å². The molecule has 2 aromatic heterocycles. The van der Waals surface area contributed by atoms with E-state index in [1.165, 1.54) is 26.6 Å². The number of pyridine rings is 2. The Hall–Kier alpha value is -5.74. The van der Waals surface area contributed by atoms with E-state index in [9.17, 15) is 29.4 Å². The summed E-state index contributed by atoms with van der Waals surface area (Å²) in [7, 11) is 6.22. The molecule has 16 heteroatoms. The minimum absolute atomic E-state index is 0.0698. The van der Waals surface area contributed by atoms with Crippen LogP contribution in [0.2, 0.25) is 0 Å². The van der Waals surface area contributed by atoms with Crippen LogP contribution in [0.15, 0.2) is 46.2 Å². The van der Waals surface area contributed by atoms with Crippen LogP contribution in [0.5, 0.6) is 23.0 Å². The molecule has 2 aliphatic heterocycles. The third kappa shape index (κ3) is 9.65. The highest BCUT2D eigenvalue weighted by atomic mass is 19.1. The van der Waals surface area contributed by atoms with Crippen molar-refractivity contribution in [2.75, 3.05) is 54.9 Å². The van der Waals surface area contributed by atoms with Gasteiger partial charge in [-0.1, -0.05) is 41.5 Å². The van der Waals surface area contributed by atoms with E-state index in [0.717, 1.165) is 11.1 Å². The lowest BCUT2D eigenvalue weighted by atomic mass is 9.78. The number of carboxylic acid groups (broad SMARTS) is 2. The number of fused-ring (bicyclic) bond motifs is 6. The van der Waals surface area contributed by atoms with Gasteiger partial charge in [0.25, 0.3) is 0 Å². The molecule has 2 aromatic carbocycles. The van der Waals surface area contributed by atoms with E-state index in [1.54, 1.807) is 35.5 Å². The summed E-state index contributed by atoms with van der Waals surface area (Å²) in [6.45, 7) is 13.9. The first-order valence-electron chi connectivity index (χ1n) is 20.2. The molecule has 0 saturated carbocycles. The number of hydrogen-bond acceptors (Lipinski definition) is 10. The molecule has 0 bridgehead atoms. The average Bonchev–Trinajstić information content (AvgIpc) is 3.21. The summed E-state index contributed by atoms with van der Waals surface area (Å²) >= 11 is 0. The maximum absolute atomic E-state index is 15.3. The maximum Gasteiger partial charge on any atom is 0.341 e. The number of ether oxygens (including phenoxy) is 6. The molecule has 336 valence electrons. The molecular formula is C46H56F2N2O12. The number of nitrogens with zero attached hydrogens (tertiary/aromatic N) is 2. The molecule has 2 aliphatic rings. The highest BCUT2D eigenvalue weighted by Gasteiger charge is 2.38. The lowest BCUT2D eigenvalue weighted by Gasteiger charge is -2.39. The Labute approximate surface area is 358 Å². The number of rotatable bonds is 14. The fraction of sp³-hybridized carbons (Fsp3) is 0.478. The first kappa shape index (κ1) is 47.3. The number of aromatic carboxylic acids is 2. The largest absolute Gasteiger partial charge is 0.493 e. The zero-order chi connectivity index (χ0) is 45.8. The van der Waals surface area contributed by atoms with Crippen molar-refractivity contribution >= 4 is 11.9 Å². The Balaban J connectivity index is 0.000000234. The summed E-state index contributed by atoms with van der Waals surface area (Å²) in [5.41, 5.74) is -1.33. The van der Waals surface area contributed by atoms with E-state index in [0.29, 0.717) is 86.2 Å². The molecule has 4 heterocycles. The molecule has 0 saturated heterocycles. The van der Waals surface area contributed by atoms with Crippen LogP contribution in [0.3, 0.4) is 0 Å². The van der Waals surface area contributed by atoms with Crippen LogP contribution in [0, 0.1) is 22.5 Å². The Kier molecular flexibility index (Phi) is 14.6. The minimum atomic E-state index is -1.45. The summed E-state index contributed by atoms with van der Waals surface area (Å²) in [6.07, 6.45) is 4.95. The van der Waals surface area contributed by atoms with Crippen molar-refractivity contribution in [2.45, 2.75) is 79.3 Å². The van der Waals surface area contributed by atoms with Gasteiger partial charge in [0.05, 0.1) is 38.8 Å². The summed E-state index contributed by atoms with van der Waals surface area (Å²) in [5.74, 6) is -3.18. The van der Waals surface area contributed by atoms with Gasteiger partial charge in [-0.25, -0.2) is 18.4 Å². The molecule has 4 aromatic rings. The zero-order valence-corrected chi connectivity index (χ0v) is 36.9. The van der Waals surface area contributed by atoms with Crippen molar-refractivity contribution in [3.8, 4) is 45.5 Å². The number of methoxy groups -OCH3 is 4. The highest BCUT2D eigenvalue weighted by molar-refractivity contribution is 5.89. The summed E-state index contributed by atoms with van der Waals surface area (Å²) in [4.78, 5) is 47.9. The van der Waals surface area contributed by atoms with Crippen LogP contribution in [0.1, 0.15) is 98.3 Å². The highest BCUT2D eigenvalue weighted by Crippen LogP contribution is 2.48. The van der Waals surface area contributed by atoms with Crippen molar-refractivity contribution in [2.24, 2.45) is 10.8 Å². The predicted octanol–water partition coefficient (Wildman–Crippen LogP) is 7.84. The number of carbonyl (C=O) groups is 2. The lowest BCUT2D eigenvalue weighted by Crippen LogP contribution is -2.34. The Morgan fingerprint density at radius 2 is 0.968 bits per heavy atom. The van der Waals surface area contributed by atoms with Gasteiger partial charge < -0.3 is 47.8 Å². The molecule has 6 rings (SSSR count). The van der Waals surface area contributed by atoms with Crippen LogP contribution in [-0.2, 0) is 22.3 Å². The Morgan fingerprint density at radius 3 is 1.26 bits per heavy atom. The van der Waals surface area contributed by atoms with Gasteiger partial charge in [0.1, 0.15) is 11.1 Å². The quantitative estimate of drug-likeness (QED) is 0.118. The SMILES string of the molecule is COCCCOc1cc2c(cc1OC)-c1c(F)c(=O)c(C(=O)O)cn1C(C(C)(C)C)C2.COCCCOc1cc2c(cc1OC)-c1c(F)c(=O)c(C(=O)O)cn1[C@H](C(C)(C)C)C2. The Morgan fingerprint density at radius 1 is 0.613 bits per heavy atom. The zero-order valence-electron chi connectivity index (χ0n) is 36.9. The van der Waals surface area contributed by atoms with Gasteiger partial charge in [-0.2, -0.15) is 0 Å². The fourth-order valence-electron chi connectivity index (χ4n) is 7.87. The van der Waals surface area contributed by atoms with Crippen molar-refractivity contribution in [3.05, 3.63) is 91.0 Å². The average molecular weight is 867 g/mol. The number of hydrogen-bond donors (Lipinski definition) is 2. The third-order valence-corrected chi connectivity index (χ3v) is 11.1. The molecule has 62 heavy (non-hydrogen) atoms. The molecule has 0 spiro atoms. The van der Waals surface area contributed by atoms with Crippen molar-refractivity contribution in [3.63, 3.8) is 0 Å². The van der Waals surface area contributed by atoms with Gasteiger partial charge in [-0.05, 0) is 59.1 Å². The molecular weight excluding hydrogens is 811 g/mol. The van der Waals surface area contributed by atoms with Gasteiger partial charge >= 0.3 is 11.9 Å². The fourth-order valence-corrected chi connectivity index (χ4v) is 7.87. The molecule has 2 atom stereocenters.